The summed E-state index contributed by atoms with van der Waals surface area (Å²) in [5.41, 5.74) is 1.41. The summed E-state index contributed by atoms with van der Waals surface area (Å²) in [6, 6.07) is 3.73. The number of pyridine rings is 1. The number of morpholine rings is 1. The zero-order valence-corrected chi connectivity index (χ0v) is 13.0. The van der Waals surface area contributed by atoms with Crippen molar-refractivity contribution in [2.24, 2.45) is 0 Å². The fourth-order valence-electron chi connectivity index (χ4n) is 2.23. The quantitative estimate of drug-likeness (QED) is 0.690. The van der Waals surface area contributed by atoms with Crippen LogP contribution in [0.4, 0.5) is 0 Å². The average Bonchev–Trinajstić information content (AvgIpc) is 2.97. The number of aromatic nitrogens is 2. The van der Waals surface area contributed by atoms with Gasteiger partial charge in [0.15, 0.2) is 5.78 Å². The van der Waals surface area contributed by atoms with Crippen LogP contribution in [0.3, 0.4) is 0 Å². The average molecular weight is 321 g/mol. The minimum absolute atomic E-state index is 0.0647. The van der Waals surface area contributed by atoms with Crippen molar-refractivity contribution in [3.05, 3.63) is 30.1 Å². The molecule has 0 saturated carbocycles. The van der Waals surface area contributed by atoms with Crippen molar-refractivity contribution in [2.75, 3.05) is 32.1 Å². The molecule has 21 heavy (non-hydrogen) atoms. The zero-order valence-electron chi connectivity index (χ0n) is 11.4. The van der Waals surface area contributed by atoms with Crippen LogP contribution >= 0.6 is 24.0 Å². The maximum Gasteiger partial charge on any atom is 0.175 e. The summed E-state index contributed by atoms with van der Waals surface area (Å²) in [7, 11) is 0. The van der Waals surface area contributed by atoms with E-state index in [1.165, 1.54) is 11.8 Å². The molecule has 7 heteroatoms. The van der Waals surface area contributed by atoms with Crippen LogP contribution in [0.2, 0.25) is 0 Å². The normalized spacial score (nSPS) is 15.3. The van der Waals surface area contributed by atoms with Crippen LogP contribution in [0.1, 0.15) is 10.4 Å². The van der Waals surface area contributed by atoms with E-state index in [0.717, 1.165) is 28.4 Å². The van der Waals surface area contributed by atoms with Crippen LogP contribution in [0.5, 0.6) is 0 Å². The number of ketones is 1. The number of carbonyl (C=O) groups is 1. The van der Waals surface area contributed by atoms with Crippen LogP contribution in [-0.4, -0.2) is 57.0 Å². The molecule has 0 radical (unpaired) electrons. The summed E-state index contributed by atoms with van der Waals surface area (Å²) in [5.74, 6) is 0.410. The van der Waals surface area contributed by atoms with Crippen molar-refractivity contribution in [3.8, 4) is 0 Å². The molecule has 0 spiro atoms. The lowest BCUT2D eigenvalue weighted by Gasteiger charge is -2.28. The lowest BCUT2D eigenvalue weighted by molar-refractivity contribution is 0.0702. The van der Waals surface area contributed by atoms with Crippen molar-refractivity contribution in [1.82, 2.24) is 14.9 Å². The monoisotopic (exact) mass is 321 g/mol. The van der Waals surface area contributed by atoms with Gasteiger partial charge in [0.1, 0.15) is 9.97 Å². The van der Waals surface area contributed by atoms with Crippen LogP contribution < -0.4 is 0 Å². The number of Topliss-reactive ketones (excluding diaryl/α,β-unsaturated/α-hetero) is 1. The molecule has 5 nitrogen and oxygen atoms in total. The first-order valence-electron chi connectivity index (χ1n) is 6.70. The third-order valence-corrected chi connectivity index (χ3v) is 4.87. The van der Waals surface area contributed by atoms with E-state index < -0.39 is 0 Å². The highest BCUT2D eigenvalue weighted by Crippen LogP contribution is 2.19. The summed E-state index contributed by atoms with van der Waals surface area (Å²) in [6.45, 7) is 3.00. The van der Waals surface area contributed by atoms with Gasteiger partial charge in [0, 0.05) is 36.4 Å². The lowest BCUT2D eigenvalue weighted by atomic mass is 10.1. The predicted molar refractivity (Wildman–Crippen MR) is 87.9 cm³/mol. The zero-order chi connectivity index (χ0) is 14.7. The SMILES string of the molecule is O=C(CSC(=S)N1CCOCC1)c1c[nH]c2ncccc12. The Kier molecular flexibility index (Phi) is 4.52. The Morgan fingerprint density at radius 2 is 2.29 bits per heavy atom. The lowest BCUT2D eigenvalue weighted by Crippen LogP contribution is -2.38. The van der Waals surface area contributed by atoms with Crippen molar-refractivity contribution >= 4 is 45.1 Å². The Labute approximate surface area is 132 Å². The molecule has 3 rings (SSSR count). The maximum absolute atomic E-state index is 12.3. The van der Waals surface area contributed by atoms with E-state index >= 15 is 0 Å². The minimum atomic E-state index is 0.0647. The van der Waals surface area contributed by atoms with Crippen molar-refractivity contribution in [3.63, 3.8) is 0 Å². The molecule has 0 unspecified atom stereocenters. The van der Waals surface area contributed by atoms with Crippen molar-refractivity contribution in [2.45, 2.75) is 0 Å². The summed E-state index contributed by atoms with van der Waals surface area (Å²) < 4.78 is 6.06. The van der Waals surface area contributed by atoms with Gasteiger partial charge in [0.25, 0.3) is 0 Å². The van der Waals surface area contributed by atoms with Crippen molar-refractivity contribution in [1.29, 1.82) is 0 Å². The Morgan fingerprint density at radius 1 is 1.48 bits per heavy atom. The Hall–Kier alpha value is -1.44. The number of nitrogens with zero attached hydrogens (tertiary/aromatic N) is 2. The largest absolute Gasteiger partial charge is 0.378 e. The number of thiocarbonyl (C=S) groups is 1. The molecule has 0 amide bonds. The van der Waals surface area contributed by atoms with Gasteiger partial charge in [-0.25, -0.2) is 4.98 Å². The number of rotatable bonds is 3. The van der Waals surface area contributed by atoms with Gasteiger partial charge in [-0.2, -0.15) is 0 Å². The third kappa shape index (κ3) is 3.25. The third-order valence-electron chi connectivity index (χ3n) is 3.35. The number of ether oxygens (including phenoxy) is 1. The van der Waals surface area contributed by atoms with Crippen LogP contribution in [0.25, 0.3) is 11.0 Å². The van der Waals surface area contributed by atoms with Gasteiger partial charge in [-0.3, -0.25) is 4.79 Å². The van der Waals surface area contributed by atoms with Crippen LogP contribution in [0.15, 0.2) is 24.5 Å². The Balaban J connectivity index is 1.62. The van der Waals surface area contributed by atoms with E-state index in [-0.39, 0.29) is 5.78 Å². The molecule has 2 aromatic rings. The van der Waals surface area contributed by atoms with E-state index in [4.69, 9.17) is 17.0 Å². The summed E-state index contributed by atoms with van der Waals surface area (Å²) in [5, 5.41) is 0.861. The number of H-pyrrole nitrogens is 1. The Morgan fingerprint density at radius 3 is 3.10 bits per heavy atom. The molecule has 3 heterocycles. The summed E-state index contributed by atoms with van der Waals surface area (Å²) in [4.78, 5) is 21.6. The van der Waals surface area contributed by atoms with Gasteiger partial charge < -0.3 is 14.6 Å². The van der Waals surface area contributed by atoms with E-state index in [1.54, 1.807) is 12.4 Å². The van der Waals surface area contributed by atoms with Crippen molar-refractivity contribution < 1.29 is 9.53 Å². The molecule has 0 atom stereocenters. The predicted octanol–water partition coefficient (Wildman–Crippen LogP) is 2.10. The smallest absolute Gasteiger partial charge is 0.175 e. The molecule has 1 saturated heterocycles. The highest BCUT2D eigenvalue weighted by atomic mass is 32.2. The van der Waals surface area contributed by atoms with Gasteiger partial charge in [0.2, 0.25) is 0 Å². The number of nitrogens with one attached hydrogen (secondary N) is 1. The molecule has 1 N–H and O–H groups in total. The molecule has 110 valence electrons. The molecular weight excluding hydrogens is 306 g/mol. The van der Waals surface area contributed by atoms with E-state index in [9.17, 15) is 4.79 Å². The molecule has 0 aromatic carbocycles. The fraction of sp³-hybridized carbons (Fsp3) is 0.357. The molecular formula is C14H15N3O2S2. The standard InChI is InChI=1S/C14H15N3O2S2/c18-12(9-21-14(20)17-4-6-19-7-5-17)11-8-16-13-10(11)2-1-3-15-13/h1-3,8H,4-7,9H2,(H,15,16). The first kappa shape index (κ1) is 14.5. The van der Waals surface area contributed by atoms with Crippen LogP contribution in [0, 0.1) is 0 Å². The summed E-state index contributed by atoms with van der Waals surface area (Å²) >= 11 is 6.79. The molecule has 1 fully saturated rings. The second kappa shape index (κ2) is 6.55. The van der Waals surface area contributed by atoms with Gasteiger partial charge in [-0.05, 0) is 12.1 Å². The van der Waals surface area contributed by atoms with Gasteiger partial charge in [-0.1, -0.05) is 24.0 Å². The van der Waals surface area contributed by atoms with Crippen LogP contribution in [-0.2, 0) is 4.74 Å². The Bertz CT molecular complexity index is 665. The van der Waals surface area contributed by atoms with Gasteiger partial charge in [-0.15, -0.1) is 0 Å². The first-order chi connectivity index (χ1) is 10.3. The number of thioether (sulfide) groups is 1. The molecule has 0 bridgehead atoms. The molecule has 2 aromatic heterocycles. The van der Waals surface area contributed by atoms with E-state index in [0.29, 0.717) is 24.5 Å². The first-order valence-corrected chi connectivity index (χ1v) is 8.10. The van der Waals surface area contributed by atoms with E-state index in [2.05, 4.69) is 14.9 Å². The van der Waals surface area contributed by atoms with E-state index in [1.807, 2.05) is 12.1 Å². The summed E-state index contributed by atoms with van der Waals surface area (Å²) in [6.07, 6.45) is 3.42. The number of carbonyl (C=O) groups excluding carboxylic acids is 1. The minimum Gasteiger partial charge on any atom is -0.378 e. The van der Waals surface area contributed by atoms with Gasteiger partial charge in [0.05, 0.1) is 19.0 Å². The van der Waals surface area contributed by atoms with Gasteiger partial charge >= 0.3 is 0 Å². The second-order valence-electron chi connectivity index (χ2n) is 4.68. The number of hydrogen-bond donors (Lipinski definition) is 1. The molecule has 0 aliphatic carbocycles. The topological polar surface area (TPSA) is 58.2 Å². The maximum atomic E-state index is 12.3. The number of aromatic amines is 1. The molecule has 1 aliphatic rings. The highest BCUT2D eigenvalue weighted by Gasteiger charge is 2.17. The number of fused-ring (bicyclic) bond motifs is 1. The fourth-order valence-corrected chi connectivity index (χ4v) is 3.36. The molecule has 1 aliphatic heterocycles. The highest BCUT2D eigenvalue weighted by molar-refractivity contribution is 8.23. The number of hydrogen-bond acceptors (Lipinski definition) is 5. The second-order valence-corrected chi connectivity index (χ2v) is 6.29.